The Morgan fingerprint density at radius 1 is 1.28 bits per heavy atom. The molecule has 158 valence electrons. The molecule has 1 unspecified atom stereocenters. The first-order valence-electron chi connectivity index (χ1n) is 10.3. The highest BCUT2D eigenvalue weighted by molar-refractivity contribution is 6.30. The summed E-state index contributed by atoms with van der Waals surface area (Å²) in [5.41, 5.74) is 2.45. The maximum atomic E-state index is 6.15. The van der Waals surface area contributed by atoms with Gasteiger partial charge in [0.25, 0.3) is 0 Å². The van der Waals surface area contributed by atoms with Gasteiger partial charge >= 0.3 is 0 Å². The molecule has 0 bridgehead atoms. The topological polar surface area (TPSA) is 45.0 Å². The minimum Gasteiger partial charge on any atom is -0.379 e. The van der Waals surface area contributed by atoms with Crippen LogP contribution in [0, 0.1) is 0 Å². The minimum absolute atomic E-state index is 0.242. The molecule has 1 N–H and O–H groups in total. The van der Waals surface area contributed by atoms with E-state index in [4.69, 9.17) is 21.3 Å². The molecule has 6 nitrogen and oxygen atoms in total. The zero-order chi connectivity index (χ0) is 20.6. The molecule has 1 fully saturated rings. The van der Waals surface area contributed by atoms with E-state index in [0.29, 0.717) is 6.54 Å². The molecule has 7 heteroatoms. The zero-order valence-corrected chi connectivity index (χ0v) is 18.4. The molecule has 1 aliphatic rings. The molecule has 1 aromatic heterocycles. The Balaban J connectivity index is 1.77. The highest BCUT2D eigenvalue weighted by Crippen LogP contribution is 2.22. The fourth-order valence-electron chi connectivity index (χ4n) is 3.68. The van der Waals surface area contributed by atoms with Crippen LogP contribution >= 0.6 is 11.6 Å². The Hall–Kier alpha value is -2.02. The molecule has 1 aromatic carbocycles. The number of aromatic nitrogens is 1. The van der Waals surface area contributed by atoms with Crippen LogP contribution in [-0.4, -0.2) is 66.8 Å². The third-order valence-electron chi connectivity index (χ3n) is 5.25. The van der Waals surface area contributed by atoms with Gasteiger partial charge < -0.3 is 19.5 Å². The van der Waals surface area contributed by atoms with Crippen molar-refractivity contribution in [2.75, 3.05) is 46.4 Å². The van der Waals surface area contributed by atoms with Crippen molar-refractivity contribution in [1.29, 1.82) is 0 Å². The summed E-state index contributed by atoms with van der Waals surface area (Å²) in [4.78, 5) is 9.63. The maximum absolute atomic E-state index is 6.15. The standard InChI is InChI=1S/C22H32ClN5O/c1-4-24-22(27(3)17-20-14-19(23)16-26(20)2)25-15-21(18-8-6-5-7-9-18)28-10-12-29-13-11-28/h5-9,14,16,21H,4,10-13,15,17H2,1-3H3,(H,24,25). The molecule has 0 aliphatic carbocycles. The largest absolute Gasteiger partial charge is 0.379 e. The van der Waals surface area contributed by atoms with Gasteiger partial charge in [-0.25, -0.2) is 0 Å². The van der Waals surface area contributed by atoms with Crippen LogP contribution in [0.15, 0.2) is 47.6 Å². The Kier molecular flexibility index (Phi) is 7.98. The van der Waals surface area contributed by atoms with Gasteiger partial charge in [0.2, 0.25) is 0 Å². The van der Waals surface area contributed by atoms with Gasteiger partial charge in [0, 0.05) is 45.6 Å². The Labute approximate surface area is 179 Å². The lowest BCUT2D eigenvalue weighted by Gasteiger charge is -2.34. The number of ether oxygens (including phenoxy) is 1. The number of guanidine groups is 1. The number of aliphatic imine (C=N–C) groups is 1. The number of aryl methyl sites for hydroxylation is 1. The summed E-state index contributed by atoms with van der Waals surface area (Å²) in [5.74, 6) is 0.902. The van der Waals surface area contributed by atoms with Crippen LogP contribution in [0.5, 0.6) is 0 Å². The number of nitrogens with one attached hydrogen (secondary N) is 1. The van der Waals surface area contributed by atoms with E-state index in [1.54, 1.807) is 0 Å². The molecular formula is C22H32ClN5O. The first kappa shape index (κ1) is 21.7. The van der Waals surface area contributed by atoms with Crippen molar-refractivity contribution < 1.29 is 4.74 Å². The Bertz CT molecular complexity index is 786. The number of benzene rings is 1. The van der Waals surface area contributed by atoms with Crippen LogP contribution in [0.2, 0.25) is 5.02 Å². The van der Waals surface area contributed by atoms with Gasteiger partial charge in [-0.15, -0.1) is 0 Å². The number of morpholine rings is 1. The highest BCUT2D eigenvalue weighted by Gasteiger charge is 2.23. The van der Waals surface area contributed by atoms with Crippen LogP contribution in [0.1, 0.15) is 24.2 Å². The van der Waals surface area contributed by atoms with E-state index in [1.165, 1.54) is 5.56 Å². The van der Waals surface area contributed by atoms with Gasteiger partial charge in [-0.2, -0.15) is 0 Å². The van der Waals surface area contributed by atoms with Crippen LogP contribution < -0.4 is 5.32 Å². The van der Waals surface area contributed by atoms with Crippen molar-refractivity contribution in [3.63, 3.8) is 0 Å². The molecular weight excluding hydrogens is 386 g/mol. The minimum atomic E-state index is 0.242. The summed E-state index contributed by atoms with van der Waals surface area (Å²) >= 11 is 6.15. The van der Waals surface area contributed by atoms with Crippen molar-refractivity contribution >= 4 is 17.6 Å². The lowest BCUT2D eigenvalue weighted by molar-refractivity contribution is 0.0179. The van der Waals surface area contributed by atoms with Gasteiger partial charge in [0.1, 0.15) is 0 Å². The van der Waals surface area contributed by atoms with Gasteiger partial charge in [-0.3, -0.25) is 9.89 Å². The van der Waals surface area contributed by atoms with E-state index < -0.39 is 0 Å². The molecule has 3 rings (SSSR count). The fraction of sp³-hybridized carbons (Fsp3) is 0.500. The first-order valence-corrected chi connectivity index (χ1v) is 10.6. The monoisotopic (exact) mass is 417 g/mol. The summed E-state index contributed by atoms with van der Waals surface area (Å²) in [6.45, 7) is 7.78. The van der Waals surface area contributed by atoms with E-state index in [9.17, 15) is 0 Å². The second kappa shape index (κ2) is 10.7. The molecule has 2 aromatic rings. The quantitative estimate of drug-likeness (QED) is 0.555. The van der Waals surface area contributed by atoms with E-state index in [1.807, 2.05) is 19.3 Å². The molecule has 29 heavy (non-hydrogen) atoms. The second-order valence-corrected chi connectivity index (χ2v) is 7.82. The Morgan fingerprint density at radius 2 is 2.00 bits per heavy atom. The predicted molar refractivity (Wildman–Crippen MR) is 119 cm³/mol. The smallest absolute Gasteiger partial charge is 0.194 e. The zero-order valence-electron chi connectivity index (χ0n) is 17.6. The Morgan fingerprint density at radius 3 is 2.62 bits per heavy atom. The number of hydrogen-bond acceptors (Lipinski definition) is 3. The summed E-state index contributed by atoms with van der Waals surface area (Å²) < 4.78 is 7.61. The molecule has 0 radical (unpaired) electrons. The van der Waals surface area contributed by atoms with E-state index >= 15 is 0 Å². The SMILES string of the molecule is CCNC(=NCC(c1ccccc1)N1CCOCC1)N(C)Cc1cc(Cl)cn1C. The van der Waals surface area contributed by atoms with Crippen LogP contribution in [0.4, 0.5) is 0 Å². The fourth-order valence-corrected chi connectivity index (χ4v) is 3.95. The molecule has 2 heterocycles. The second-order valence-electron chi connectivity index (χ2n) is 7.39. The van der Waals surface area contributed by atoms with Crippen molar-refractivity contribution in [3.05, 3.63) is 58.9 Å². The number of hydrogen-bond donors (Lipinski definition) is 1. The van der Waals surface area contributed by atoms with E-state index in [2.05, 4.69) is 64.0 Å². The molecule has 1 atom stereocenters. The van der Waals surface area contributed by atoms with Crippen molar-refractivity contribution in [2.45, 2.75) is 19.5 Å². The third-order valence-corrected chi connectivity index (χ3v) is 5.46. The number of rotatable bonds is 7. The maximum Gasteiger partial charge on any atom is 0.194 e. The van der Waals surface area contributed by atoms with Crippen molar-refractivity contribution in [3.8, 4) is 0 Å². The molecule has 0 saturated carbocycles. The van der Waals surface area contributed by atoms with Gasteiger partial charge in [0.05, 0.1) is 37.4 Å². The lowest BCUT2D eigenvalue weighted by Crippen LogP contribution is -2.42. The molecule has 1 saturated heterocycles. The first-order chi connectivity index (χ1) is 14.1. The van der Waals surface area contributed by atoms with E-state index in [-0.39, 0.29) is 6.04 Å². The summed E-state index contributed by atoms with van der Waals surface area (Å²) in [5, 5.41) is 4.19. The van der Waals surface area contributed by atoms with Crippen LogP contribution in [0.25, 0.3) is 0 Å². The third kappa shape index (κ3) is 5.98. The number of nitrogens with zero attached hydrogens (tertiary/aromatic N) is 4. The summed E-state index contributed by atoms with van der Waals surface area (Å²) in [7, 11) is 4.08. The normalized spacial score (nSPS) is 16.6. The van der Waals surface area contributed by atoms with Crippen LogP contribution in [-0.2, 0) is 18.3 Å². The average molecular weight is 418 g/mol. The van der Waals surface area contributed by atoms with Crippen molar-refractivity contribution in [2.24, 2.45) is 12.0 Å². The summed E-state index contributed by atoms with van der Waals surface area (Å²) in [6.07, 6.45) is 1.93. The van der Waals surface area contributed by atoms with Crippen molar-refractivity contribution in [1.82, 2.24) is 19.7 Å². The lowest BCUT2D eigenvalue weighted by atomic mass is 10.0. The highest BCUT2D eigenvalue weighted by atomic mass is 35.5. The van der Waals surface area contributed by atoms with Gasteiger partial charge in [0.15, 0.2) is 5.96 Å². The number of halogens is 1. The molecule has 0 spiro atoms. The van der Waals surface area contributed by atoms with Gasteiger partial charge in [-0.05, 0) is 18.6 Å². The molecule has 1 aliphatic heterocycles. The average Bonchev–Trinajstić information content (AvgIpc) is 3.05. The van der Waals surface area contributed by atoms with E-state index in [0.717, 1.165) is 56.1 Å². The van der Waals surface area contributed by atoms with Crippen LogP contribution in [0.3, 0.4) is 0 Å². The predicted octanol–water partition coefficient (Wildman–Crippen LogP) is 3.15. The van der Waals surface area contributed by atoms with Gasteiger partial charge in [-0.1, -0.05) is 41.9 Å². The summed E-state index contributed by atoms with van der Waals surface area (Å²) in [6, 6.07) is 12.9. The molecule has 0 amide bonds.